The molecule has 0 aliphatic heterocycles. The molecule has 0 spiro atoms. The largest absolute Gasteiger partial charge is 2.00 e. The number of hydrogen-bond acceptors (Lipinski definition) is 6. The maximum atomic E-state index is 10.3. The summed E-state index contributed by atoms with van der Waals surface area (Å²) in [6.07, 6.45) is 0. The third-order valence-corrected chi connectivity index (χ3v) is 3.76. The van der Waals surface area contributed by atoms with Crippen molar-refractivity contribution in [2.24, 2.45) is 0 Å². The molecule has 2 aromatic rings. The Bertz CT molecular complexity index is 675. The summed E-state index contributed by atoms with van der Waals surface area (Å²) in [5.41, 5.74) is 0. The van der Waals surface area contributed by atoms with E-state index in [-0.39, 0.29) is 33.7 Å². The van der Waals surface area contributed by atoms with Gasteiger partial charge in [-0.3, -0.25) is 0 Å². The zero-order chi connectivity index (χ0) is 15.2. The molecule has 110 valence electrons. The first kappa shape index (κ1) is 20.1. The Labute approximate surface area is 140 Å². The molecule has 21 heavy (non-hydrogen) atoms. The Morgan fingerprint density at radius 3 is 0.952 bits per heavy atom. The third-order valence-electron chi connectivity index (χ3n) is 2.06. The fourth-order valence-electron chi connectivity index (χ4n) is 1.17. The van der Waals surface area contributed by atoms with Gasteiger partial charge in [-0.1, -0.05) is 36.4 Å². The van der Waals surface area contributed by atoms with E-state index < -0.39 is 20.2 Å². The van der Waals surface area contributed by atoms with E-state index in [0.29, 0.717) is 0 Å². The minimum atomic E-state index is -4.25. The van der Waals surface area contributed by atoms with Gasteiger partial charge in [0.1, 0.15) is 20.2 Å². The SMILES string of the molecule is O=S(=O)([O-])c1ccccc1.O=S(=O)([O-])c1ccccc1.[Sn+2]. The van der Waals surface area contributed by atoms with Gasteiger partial charge in [0.2, 0.25) is 0 Å². The number of rotatable bonds is 2. The van der Waals surface area contributed by atoms with Gasteiger partial charge in [0.15, 0.2) is 0 Å². The van der Waals surface area contributed by atoms with E-state index in [4.69, 9.17) is 0 Å². The van der Waals surface area contributed by atoms with E-state index in [1.807, 2.05) is 0 Å². The molecule has 0 N–H and O–H groups in total. The Morgan fingerprint density at radius 1 is 0.571 bits per heavy atom. The maximum Gasteiger partial charge on any atom is 2.00 e. The molecule has 0 bridgehead atoms. The molecule has 0 saturated heterocycles. The molecule has 6 nitrogen and oxygen atoms in total. The molecule has 0 amide bonds. The Kier molecular flexibility index (Phi) is 8.11. The molecule has 0 atom stereocenters. The van der Waals surface area contributed by atoms with Crippen LogP contribution in [0.2, 0.25) is 0 Å². The molecule has 0 aromatic heterocycles. The van der Waals surface area contributed by atoms with Crippen LogP contribution in [0.25, 0.3) is 0 Å². The van der Waals surface area contributed by atoms with Crippen LogP contribution < -0.4 is 0 Å². The van der Waals surface area contributed by atoms with Gasteiger partial charge in [0, 0.05) is 0 Å². The Morgan fingerprint density at radius 2 is 0.810 bits per heavy atom. The van der Waals surface area contributed by atoms with Gasteiger partial charge in [0.25, 0.3) is 0 Å². The molecule has 2 radical (unpaired) electrons. The first-order valence-corrected chi connectivity index (χ1v) is 8.05. The summed E-state index contributed by atoms with van der Waals surface area (Å²) in [4.78, 5) is -0.370. The predicted molar refractivity (Wildman–Crippen MR) is 74.6 cm³/mol. The molecule has 2 aromatic carbocycles. The van der Waals surface area contributed by atoms with E-state index in [9.17, 15) is 25.9 Å². The second-order valence-corrected chi connectivity index (χ2v) is 6.29. The molecular weight excluding hydrogens is 423 g/mol. The molecule has 2 rings (SSSR count). The summed E-state index contributed by atoms with van der Waals surface area (Å²) in [7, 11) is -8.51. The summed E-state index contributed by atoms with van der Waals surface area (Å²) in [6, 6.07) is 14.4. The van der Waals surface area contributed by atoms with Gasteiger partial charge >= 0.3 is 23.9 Å². The number of hydrogen-bond donors (Lipinski definition) is 0. The van der Waals surface area contributed by atoms with E-state index in [1.54, 1.807) is 12.1 Å². The van der Waals surface area contributed by atoms with Crippen LogP contribution in [0.3, 0.4) is 0 Å². The van der Waals surface area contributed by atoms with Crippen molar-refractivity contribution in [2.75, 3.05) is 0 Å². The van der Waals surface area contributed by atoms with Crippen LogP contribution in [0.15, 0.2) is 70.5 Å². The van der Waals surface area contributed by atoms with Crippen LogP contribution >= 0.6 is 0 Å². The quantitative estimate of drug-likeness (QED) is 0.512. The fourth-order valence-corrected chi connectivity index (χ4v) is 2.16. The molecule has 9 heteroatoms. The van der Waals surface area contributed by atoms with Gasteiger partial charge < -0.3 is 9.11 Å². The van der Waals surface area contributed by atoms with Crippen LogP contribution in [0.4, 0.5) is 0 Å². The van der Waals surface area contributed by atoms with Gasteiger partial charge in [0.05, 0.1) is 9.79 Å². The zero-order valence-electron chi connectivity index (χ0n) is 10.5. The standard InChI is InChI=1S/2C6H6O3S.Sn/c2*7-10(8,9)6-4-2-1-3-5-6;/h2*1-5H,(H,7,8,9);/q;;+2/p-2. The molecule has 0 fully saturated rings. The minimum absolute atomic E-state index is 0. The van der Waals surface area contributed by atoms with Crippen LogP contribution in [0.5, 0.6) is 0 Å². The topological polar surface area (TPSA) is 114 Å². The second-order valence-electron chi connectivity index (χ2n) is 3.53. The third kappa shape index (κ3) is 7.57. The van der Waals surface area contributed by atoms with Crippen molar-refractivity contribution < 1.29 is 25.9 Å². The van der Waals surface area contributed by atoms with Crippen LogP contribution in [-0.4, -0.2) is 49.8 Å². The molecule has 0 aliphatic rings. The van der Waals surface area contributed by atoms with Crippen LogP contribution in [-0.2, 0) is 20.2 Å². The van der Waals surface area contributed by atoms with E-state index >= 15 is 0 Å². The van der Waals surface area contributed by atoms with Crippen LogP contribution in [0.1, 0.15) is 0 Å². The summed E-state index contributed by atoms with van der Waals surface area (Å²) >= 11 is 0. The minimum Gasteiger partial charge on any atom is -0.744 e. The molecule has 0 aliphatic carbocycles. The summed E-state index contributed by atoms with van der Waals surface area (Å²) in [5.74, 6) is 0. The summed E-state index contributed by atoms with van der Waals surface area (Å²) in [6.45, 7) is 0. The smallest absolute Gasteiger partial charge is 0.744 e. The van der Waals surface area contributed by atoms with Crippen molar-refractivity contribution in [3.63, 3.8) is 0 Å². The van der Waals surface area contributed by atoms with Gasteiger partial charge in [-0.05, 0) is 24.3 Å². The molecular formula is C12H10O6S2Sn. The molecule has 0 unspecified atom stereocenters. The monoisotopic (exact) mass is 434 g/mol. The van der Waals surface area contributed by atoms with Crippen molar-refractivity contribution in [3.8, 4) is 0 Å². The van der Waals surface area contributed by atoms with Crippen LogP contribution in [0, 0.1) is 0 Å². The van der Waals surface area contributed by atoms with Gasteiger partial charge in [-0.2, -0.15) is 0 Å². The normalized spacial score (nSPS) is 10.8. The Balaban J connectivity index is 0.000000364. The van der Waals surface area contributed by atoms with E-state index in [1.165, 1.54) is 48.5 Å². The van der Waals surface area contributed by atoms with Crippen molar-refractivity contribution in [3.05, 3.63) is 60.7 Å². The Hall–Kier alpha value is -0.941. The van der Waals surface area contributed by atoms with Crippen molar-refractivity contribution in [1.82, 2.24) is 0 Å². The molecule has 0 saturated carbocycles. The van der Waals surface area contributed by atoms with Crippen molar-refractivity contribution in [1.29, 1.82) is 0 Å². The van der Waals surface area contributed by atoms with Gasteiger partial charge in [-0.15, -0.1) is 0 Å². The van der Waals surface area contributed by atoms with E-state index in [2.05, 4.69) is 0 Å². The maximum absolute atomic E-state index is 10.3. The average Bonchev–Trinajstić information content (AvgIpc) is 2.40. The zero-order valence-corrected chi connectivity index (χ0v) is 15.0. The fraction of sp³-hybridized carbons (Fsp3) is 0. The second kappa shape index (κ2) is 8.49. The predicted octanol–water partition coefficient (Wildman–Crippen LogP) is 0.801. The average molecular weight is 433 g/mol. The summed E-state index contributed by atoms with van der Waals surface area (Å²) < 4.78 is 61.7. The van der Waals surface area contributed by atoms with Crippen molar-refractivity contribution in [2.45, 2.75) is 9.79 Å². The molecule has 0 heterocycles. The summed E-state index contributed by atoms with van der Waals surface area (Å²) in [5, 5.41) is 0. The first-order valence-electron chi connectivity index (χ1n) is 5.23. The van der Waals surface area contributed by atoms with Gasteiger partial charge in [-0.25, -0.2) is 16.8 Å². The van der Waals surface area contributed by atoms with Crippen molar-refractivity contribution >= 4 is 44.1 Å². The van der Waals surface area contributed by atoms with E-state index in [0.717, 1.165) is 0 Å². The first-order chi connectivity index (χ1) is 9.21. The number of benzene rings is 2.